The number of carbonyl (C=O) groups excluding carboxylic acids is 1. The fraction of sp³-hybridized carbons (Fsp3) is 0.448. The number of fused-ring (bicyclic) bond motifs is 1. The number of aromatic nitrogens is 3. The lowest BCUT2D eigenvalue weighted by Gasteiger charge is -2.48. The summed E-state index contributed by atoms with van der Waals surface area (Å²) < 4.78 is 22.3. The van der Waals surface area contributed by atoms with Crippen molar-refractivity contribution in [2.75, 3.05) is 64.0 Å². The van der Waals surface area contributed by atoms with Crippen molar-refractivity contribution in [3.8, 4) is 22.9 Å². The van der Waals surface area contributed by atoms with Crippen LogP contribution in [0.15, 0.2) is 31.0 Å². The number of allylic oxidation sites excluding steroid dienone is 1. The Hall–Kier alpha value is -3.18. The lowest BCUT2D eigenvalue weighted by atomic mass is 9.79. The van der Waals surface area contributed by atoms with E-state index in [1.54, 1.807) is 12.3 Å². The van der Waals surface area contributed by atoms with Gasteiger partial charge in [0.25, 0.3) is 0 Å². The van der Waals surface area contributed by atoms with Gasteiger partial charge in [-0.25, -0.2) is 15.0 Å². The van der Waals surface area contributed by atoms with Gasteiger partial charge in [-0.05, 0) is 18.6 Å². The molecule has 1 spiro atoms. The molecule has 3 fully saturated rings. The van der Waals surface area contributed by atoms with Crippen LogP contribution in [-0.4, -0.2) is 80.5 Å². The summed E-state index contributed by atoms with van der Waals surface area (Å²) in [6, 6.07) is 3.53. The monoisotopic (exact) mass is 599 g/mol. The van der Waals surface area contributed by atoms with E-state index in [2.05, 4.69) is 21.8 Å². The number of nitrogens with one attached hydrogen (secondary N) is 1. The van der Waals surface area contributed by atoms with Crippen LogP contribution < -0.4 is 19.7 Å². The van der Waals surface area contributed by atoms with E-state index in [0.29, 0.717) is 63.9 Å². The number of rotatable bonds is 9. The van der Waals surface area contributed by atoms with Gasteiger partial charge in [0, 0.05) is 48.9 Å². The van der Waals surface area contributed by atoms with Gasteiger partial charge in [0.1, 0.15) is 23.1 Å². The quantitative estimate of drug-likeness (QED) is 0.344. The molecule has 2 atom stereocenters. The van der Waals surface area contributed by atoms with Crippen molar-refractivity contribution < 1.29 is 23.7 Å². The summed E-state index contributed by atoms with van der Waals surface area (Å²) in [6.45, 7) is 7.73. The first kappa shape index (κ1) is 28.0. The molecule has 41 heavy (non-hydrogen) atoms. The number of ketones is 1. The number of hydrogen-bond donors (Lipinski definition) is 1. The van der Waals surface area contributed by atoms with Crippen molar-refractivity contribution >= 4 is 51.5 Å². The molecule has 10 nitrogen and oxygen atoms in total. The smallest absolute Gasteiger partial charge is 0.165 e. The van der Waals surface area contributed by atoms with Crippen LogP contribution in [0.5, 0.6) is 11.5 Å². The number of methoxy groups -OCH3 is 2. The molecule has 12 heteroatoms. The first-order valence-corrected chi connectivity index (χ1v) is 14.2. The zero-order chi connectivity index (χ0) is 28.7. The van der Waals surface area contributed by atoms with Gasteiger partial charge < -0.3 is 29.2 Å². The van der Waals surface area contributed by atoms with E-state index in [9.17, 15) is 4.79 Å². The van der Waals surface area contributed by atoms with Crippen LogP contribution in [0.1, 0.15) is 12.8 Å². The lowest BCUT2D eigenvalue weighted by molar-refractivity contribution is -0.115. The highest BCUT2D eigenvalue weighted by Gasteiger charge is 2.47. The normalized spacial score (nSPS) is 21.2. The lowest BCUT2D eigenvalue weighted by Crippen LogP contribution is -2.57. The topological polar surface area (TPSA) is 108 Å². The summed E-state index contributed by atoms with van der Waals surface area (Å²) in [5, 5.41) is 4.88. The van der Waals surface area contributed by atoms with Crippen molar-refractivity contribution in [1.29, 1.82) is 0 Å². The number of halogens is 2. The third-order valence-electron chi connectivity index (χ3n) is 8.12. The average Bonchev–Trinajstić information content (AvgIpc) is 3.62. The first-order chi connectivity index (χ1) is 19.8. The van der Waals surface area contributed by atoms with Gasteiger partial charge in [-0.15, -0.1) is 0 Å². The standard InChI is InChI=1S/C29H31Cl2N5O5/c1-4-17(37)7-16-11-41-12-20(16)33-23-8-18-19(10-32-23)34-27(24-25(30)21(38-2)9-22(39-3)26(24)31)35-28(18)36-13-29(14-36)5-6-40-15-29/h4,8-10,16,20H,1,5-7,11-15H2,2-3H3,(H,32,33)/t16-,20+/m0/s1. The van der Waals surface area contributed by atoms with E-state index in [-0.39, 0.29) is 23.2 Å². The minimum Gasteiger partial charge on any atom is -0.495 e. The SMILES string of the molecule is C=CC(=O)C[C@H]1COC[C@H]1Nc1cc2c(N3CC4(CCOC4)C3)nc(-c3c(Cl)c(OC)cc(OC)c3Cl)nc2cn1. The summed E-state index contributed by atoms with van der Waals surface area (Å²) in [6.07, 6.45) is 4.46. The van der Waals surface area contributed by atoms with Gasteiger partial charge in [-0.3, -0.25) is 4.79 Å². The second-order valence-electron chi connectivity index (χ2n) is 10.8. The van der Waals surface area contributed by atoms with Gasteiger partial charge in [0.05, 0.1) is 67.4 Å². The molecule has 0 aliphatic carbocycles. The number of nitrogens with zero attached hydrogens (tertiary/aromatic N) is 4. The molecule has 5 heterocycles. The Morgan fingerprint density at radius 3 is 2.59 bits per heavy atom. The third kappa shape index (κ3) is 5.18. The number of hydrogen-bond acceptors (Lipinski definition) is 10. The summed E-state index contributed by atoms with van der Waals surface area (Å²) >= 11 is 13.5. The molecular weight excluding hydrogens is 569 g/mol. The Bertz CT molecular complexity index is 1480. The second kappa shape index (κ2) is 11.2. The van der Waals surface area contributed by atoms with Gasteiger partial charge in [0.2, 0.25) is 0 Å². The molecule has 3 aromatic rings. The molecule has 0 bridgehead atoms. The van der Waals surface area contributed by atoms with E-state index < -0.39 is 0 Å². The van der Waals surface area contributed by atoms with Crippen LogP contribution in [0, 0.1) is 11.3 Å². The van der Waals surface area contributed by atoms with Crippen molar-refractivity contribution in [3.63, 3.8) is 0 Å². The predicted molar refractivity (Wildman–Crippen MR) is 158 cm³/mol. The maximum absolute atomic E-state index is 12.0. The van der Waals surface area contributed by atoms with Gasteiger partial charge in [-0.1, -0.05) is 29.8 Å². The largest absolute Gasteiger partial charge is 0.495 e. The minimum atomic E-state index is -0.0581. The molecule has 0 unspecified atom stereocenters. The van der Waals surface area contributed by atoms with Crippen molar-refractivity contribution in [2.45, 2.75) is 18.9 Å². The van der Waals surface area contributed by atoms with E-state index in [1.807, 2.05) is 6.07 Å². The molecule has 6 rings (SSSR count). The van der Waals surface area contributed by atoms with Crippen molar-refractivity contribution in [1.82, 2.24) is 15.0 Å². The van der Waals surface area contributed by atoms with E-state index >= 15 is 0 Å². The van der Waals surface area contributed by atoms with Crippen molar-refractivity contribution in [3.05, 3.63) is 41.0 Å². The zero-order valence-electron chi connectivity index (χ0n) is 22.9. The summed E-state index contributed by atoms with van der Waals surface area (Å²) in [7, 11) is 3.06. The van der Waals surface area contributed by atoms with E-state index in [4.69, 9.17) is 52.1 Å². The average molecular weight is 601 g/mol. The maximum Gasteiger partial charge on any atom is 0.165 e. The Balaban J connectivity index is 1.41. The number of pyridine rings is 1. The number of ether oxygens (including phenoxy) is 4. The molecule has 216 valence electrons. The third-order valence-corrected chi connectivity index (χ3v) is 8.87. The summed E-state index contributed by atoms with van der Waals surface area (Å²) in [4.78, 5) is 28.7. The molecule has 3 aliphatic rings. The highest BCUT2D eigenvalue weighted by Crippen LogP contribution is 2.47. The summed E-state index contributed by atoms with van der Waals surface area (Å²) in [5.74, 6) is 2.58. The van der Waals surface area contributed by atoms with E-state index in [0.717, 1.165) is 43.9 Å². The van der Waals surface area contributed by atoms with Crippen LogP contribution in [0.4, 0.5) is 11.6 Å². The fourth-order valence-corrected chi connectivity index (χ4v) is 6.50. The maximum atomic E-state index is 12.0. The Kier molecular flexibility index (Phi) is 7.67. The van der Waals surface area contributed by atoms with Crippen LogP contribution >= 0.6 is 23.2 Å². The Labute approximate surface area is 247 Å². The first-order valence-electron chi connectivity index (χ1n) is 13.4. The van der Waals surface area contributed by atoms with Gasteiger partial charge in [0.15, 0.2) is 11.6 Å². The van der Waals surface area contributed by atoms with Crippen molar-refractivity contribution in [2.24, 2.45) is 11.3 Å². The molecule has 1 N–H and O–H groups in total. The van der Waals surface area contributed by atoms with E-state index in [1.165, 1.54) is 20.3 Å². The van der Waals surface area contributed by atoms with Crippen LogP contribution in [0.2, 0.25) is 10.0 Å². The predicted octanol–water partition coefficient (Wildman–Crippen LogP) is 4.81. The number of carbonyl (C=O) groups is 1. The highest BCUT2D eigenvalue weighted by atomic mass is 35.5. The fourth-order valence-electron chi connectivity index (χ4n) is 5.83. The second-order valence-corrected chi connectivity index (χ2v) is 11.6. The van der Waals surface area contributed by atoms with Crippen LogP contribution in [-0.2, 0) is 14.3 Å². The molecule has 0 radical (unpaired) electrons. The zero-order valence-corrected chi connectivity index (χ0v) is 24.4. The highest BCUT2D eigenvalue weighted by molar-refractivity contribution is 6.41. The van der Waals surface area contributed by atoms with Crippen LogP contribution in [0.25, 0.3) is 22.3 Å². The summed E-state index contributed by atoms with van der Waals surface area (Å²) in [5.41, 5.74) is 1.19. The molecule has 2 aromatic heterocycles. The molecule has 0 saturated carbocycles. The number of benzene rings is 1. The Morgan fingerprint density at radius 1 is 1.17 bits per heavy atom. The molecule has 3 saturated heterocycles. The van der Waals surface area contributed by atoms with Gasteiger partial charge >= 0.3 is 0 Å². The van der Waals surface area contributed by atoms with Gasteiger partial charge in [-0.2, -0.15) is 0 Å². The molecular formula is C29H31Cl2N5O5. The van der Waals surface area contributed by atoms with Crippen LogP contribution in [0.3, 0.4) is 0 Å². The number of anilines is 2. The minimum absolute atomic E-state index is 0.00362. The molecule has 1 aromatic carbocycles. The molecule has 0 amide bonds. The molecule has 3 aliphatic heterocycles. The Morgan fingerprint density at radius 2 is 1.93 bits per heavy atom.